The minimum Gasteiger partial charge on any atom is -0.465 e. The van der Waals surface area contributed by atoms with E-state index in [0.29, 0.717) is 19.1 Å². The van der Waals surface area contributed by atoms with Crippen LogP contribution in [-0.4, -0.2) is 37.6 Å². The van der Waals surface area contributed by atoms with Crippen molar-refractivity contribution in [2.24, 2.45) is 0 Å². The number of esters is 1. The Balaban J connectivity index is 1.98. The molecule has 2 rings (SSSR count). The van der Waals surface area contributed by atoms with Gasteiger partial charge in [-0.3, -0.25) is 9.69 Å². The highest BCUT2D eigenvalue weighted by atomic mass is 32.1. The van der Waals surface area contributed by atoms with Crippen molar-refractivity contribution in [1.82, 2.24) is 4.90 Å². The molecule has 1 unspecified atom stereocenters. The van der Waals surface area contributed by atoms with Crippen molar-refractivity contribution in [3.05, 3.63) is 58.3 Å². The summed E-state index contributed by atoms with van der Waals surface area (Å²) in [6, 6.07) is 14.8. The third kappa shape index (κ3) is 4.97. The van der Waals surface area contributed by atoms with Crippen molar-refractivity contribution in [3.63, 3.8) is 0 Å². The summed E-state index contributed by atoms with van der Waals surface area (Å²) in [5, 5.41) is 2.12. The molecule has 118 valence electrons. The first kappa shape index (κ1) is 16.7. The average Bonchev–Trinajstić information content (AvgIpc) is 3.03. The van der Waals surface area contributed by atoms with E-state index in [4.69, 9.17) is 4.74 Å². The van der Waals surface area contributed by atoms with Crippen LogP contribution in [0.25, 0.3) is 0 Å². The molecule has 0 aliphatic carbocycles. The van der Waals surface area contributed by atoms with Crippen LogP contribution in [0.3, 0.4) is 0 Å². The molecule has 3 nitrogen and oxygen atoms in total. The van der Waals surface area contributed by atoms with E-state index in [2.05, 4.69) is 41.8 Å². The Morgan fingerprint density at radius 3 is 2.64 bits per heavy atom. The van der Waals surface area contributed by atoms with E-state index in [9.17, 15) is 4.79 Å². The molecule has 0 fully saturated rings. The Kier molecular flexibility index (Phi) is 6.62. The van der Waals surface area contributed by atoms with Gasteiger partial charge in [0.1, 0.15) is 0 Å². The van der Waals surface area contributed by atoms with E-state index in [1.807, 2.05) is 24.9 Å². The van der Waals surface area contributed by atoms with Crippen molar-refractivity contribution in [2.75, 3.05) is 26.7 Å². The van der Waals surface area contributed by atoms with E-state index in [1.54, 1.807) is 11.3 Å². The number of carbonyl (C=O) groups excluding carboxylic acids is 1. The van der Waals surface area contributed by atoms with Gasteiger partial charge in [-0.1, -0.05) is 36.4 Å². The fourth-order valence-electron chi connectivity index (χ4n) is 2.50. The summed E-state index contributed by atoms with van der Waals surface area (Å²) in [6.45, 7) is 3.48. The predicted octanol–water partition coefficient (Wildman–Crippen LogP) is 3.77. The Morgan fingerprint density at radius 2 is 2.00 bits per heavy atom. The zero-order chi connectivity index (χ0) is 15.8. The second kappa shape index (κ2) is 8.71. The monoisotopic (exact) mass is 317 g/mol. The van der Waals surface area contributed by atoms with Gasteiger partial charge in [0.05, 0.1) is 13.2 Å². The summed E-state index contributed by atoms with van der Waals surface area (Å²) in [7, 11) is 1.97. The second-order valence-electron chi connectivity index (χ2n) is 5.31. The highest BCUT2D eigenvalue weighted by Crippen LogP contribution is 2.31. The van der Waals surface area contributed by atoms with Crippen LogP contribution in [0.4, 0.5) is 0 Å². The zero-order valence-electron chi connectivity index (χ0n) is 13.2. The predicted molar refractivity (Wildman–Crippen MR) is 91.4 cm³/mol. The van der Waals surface area contributed by atoms with Crippen molar-refractivity contribution >= 4 is 17.3 Å². The molecule has 0 N–H and O–H groups in total. The maximum absolute atomic E-state index is 11.5. The summed E-state index contributed by atoms with van der Waals surface area (Å²) in [5.41, 5.74) is 1.33. The molecule has 1 aromatic carbocycles. The van der Waals surface area contributed by atoms with Gasteiger partial charge in [0, 0.05) is 10.8 Å². The summed E-state index contributed by atoms with van der Waals surface area (Å²) >= 11 is 1.79. The number of nitrogens with zero attached hydrogens (tertiary/aromatic N) is 1. The topological polar surface area (TPSA) is 29.5 Å². The number of hydrogen-bond acceptors (Lipinski definition) is 4. The van der Waals surface area contributed by atoms with Crippen molar-refractivity contribution in [1.29, 1.82) is 0 Å². The highest BCUT2D eigenvalue weighted by molar-refractivity contribution is 7.10. The number of ether oxygens (including phenoxy) is 1. The minimum absolute atomic E-state index is 0.155. The lowest BCUT2D eigenvalue weighted by Crippen LogP contribution is -2.29. The van der Waals surface area contributed by atoms with Crippen LogP contribution >= 0.6 is 11.3 Å². The lowest BCUT2D eigenvalue weighted by atomic mass is 9.94. The van der Waals surface area contributed by atoms with Gasteiger partial charge in [0.15, 0.2) is 0 Å². The lowest BCUT2D eigenvalue weighted by Gasteiger charge is -2.21. The summed E-state index contributed by atoms with van der Waals surface area (Å²) in [4.78, 5) is 14.9. The molecule has 0 radical (unpaired) electrons. The van der Waals surface area contributed by atoms with E-state index in [0.717, 1.165) is 13.0 Å². The first-order valence-corrected chi connectivity index (χ1v) is 8.51. The summed E-state index contributed by atoms with van der Waals surface area (Å²) < 4.78 is 5.00. The van der Waals surface area contributed by atoms with Crippen LogP contribution in [-0.2, 0) is 9.53 Å². The van der Waals surface area contributed by atoms with Gasteiger partial charge >= 0.3 is 5.97 Å². The summed E-state index contributed by atoms with van der Waals surface area (Å²) in [5.74, 6) is 0.225. The molecular formula is C18H23NO2S. The van der Waals surface area contributed by atoms with Gasteiger partial charge in [-0.2, -0.15) is 0 Å². The van der Waals surface area contributed by atoms with Gasteiger partial charge in [0.2, 0.25) is 0 Å². The second-order valence-corrected chi connectivity index (χ2v) is 6.29. The standard InChI is InChI=1S/C18H23NO2S/c1-3-21-18(20)14-19(2)12-11-16(17-10-7-13-22-17)15-8-5-4-6-9-15/h4-10,13,16H,3,11-12,14H2,1-2H3. The number of thiophene rings is 1. The van der Waals surface area contributed by atoms with Crippen LogP contribution in [0.2, 0.25) is 0 Å². The number of likely N-dealkylation sites (N-methyl/N-ethyl adjacent to an activating group) is 1. The van der Waals surface area contributed by atoms with Gasteiger partial charge in [-0.25, -0.2) is 0 Å². The van der Waals surface area contributed by atoms with Gasteiger partial charge in [-0.15, -0.1) is 11.3 Å². The molecule has 0 aliphatic rings. The Labute approximate surface area is 136 Å². The van der Waals surface area contributed by atoms with E-state index < -0.39 is 0 Å². The Bertz CT molecular complexity index is 554. The molecule has 0 aliphatic heterocycles. The molecule has 2 aromatic rings. The molecule has 0 saturated heterocycles. The third-order valence-electron chi connectivity index (χ3n) is 3.59. The zero-order valence-corrected chi connectivity index (χ0v) is 14.0. The van der Waals surface area contributed by atoms with Crippen LogP contribution < -0.4 is 0 Å². The molecule has 1 heterocycles. The lowest BCUT2D eigenvalue weighted by molar-refractivity contribution is -0.144. The highest BCUT2D eigenvalue weighted by Gasteiger charge is 2.16. The number of carbonyl (C=O) groups is 1. The molecule has 1 aromatic heterocycles. The van der Waals surface area contributed by atoms with Crippen LogP contribution in [0.15, 0.2) is 47.8 Å². The van der Waals surface area contributed by atoms with E-state index in [-0.39, 0.29) is 5.97 Å². The average molecular weight is 317 g/mol. The first-order chi connectivity index (χ1) is 10.7. The van der Waals surface area contributed by atoms with Crippen LogP contribution in [0, 0.1) is 0 Å². The molecule has 0 amide bonds. The number of benzene rings is 1. The van der Waals surface area contributed by atoms with Gasteiger partial charge in [0.25, 0.3) is 0 Å². The first-order valence-electron chi connectivity index (χ1n) is 7.63. The maximum Gasteiger partial charge on any atom is 0.320 e. The molecule has 4 heteroatoms. The quantitative estimate of drug-likeness (QED) is 0.694. The Hall–Kier alpha value is -1.65. The Morgan fingerprint density at radius 1 is 1.23 bits per heavy atom. The van der Waals surface area contributed by atoms with Gasteiger partial charge in [-0.05, 0) is 43.9 Å². The maximum atomic E-state index is 11.5. The number of hydrogen-bond donors (Lipinski definition) is 0. The van der Waals surface area contributed by atoms with Crippen molar-refractivity contribution < 1.29 is 9.53 Å². The van der Waals surface area contributed by atoms with Crippen molar-refractivity contribution in [3.8, 4) is 0 Å². The smallest absolute Gasteiger partial charge is 0.320 e. The third-order valence-corrected chi connectivity index (χ3v) is 4.58. The molecule has 0 saturated carbocycles. The van der Waals surface area contributed by atoms with Crippen LogP contribution in [0.1, 0.15) is 29.7 Å². The minimum atomic E-state index is -0.155. The van der Waals surface area contributed by atoms with E-state index >= 15 is 0 Å². The van der Waals surface area contributed by atoms with Crippen molar-refractivity contribution in [2.45, 2.75) is 19.3 Å². The fourth-order valence-corrected chi connectivity index (χ4v) is 3.39. The fraction of sp³-hybridized carbons (Fsp3) is 0.389. The summed E-state index contributed by atoms with van der Waals surface area (Å²) in [6.07, 6.45) is 0.987. The van der Waals surface area contributed by atoms with Crippen LogP contribution in [0.5, 0.6) is 0 Å². The van der Waals surface area contributed by atoms with Gasteiger partial charge < -0.3 is 4.74 Å². The molecule has 0 bridgehead atoms. The normalized spacial score (nSPS) is 12.3. The molecule has 0 spiro atoms. The molecular weight excluding hydrogens is 294 g/mol. The van der Waals surface area contributed by atoms with E-state index in [1.165, 1.54) is 10.4 Å². The number of rotatable bonds is 8. The SMILES string of the molecule is CCOC(=O)CN(C)CCC(c1ccccc1)c1cccs1. The molecule has 1 atom stereocenters. The largest absolute Gasteiger partial charge is 0.465 e. The molecule has 22 heavy (non-hydrogen) atoms.